The molecule has 0 saturated heterocycles. The van der Waals surface area contributed by atoms with Gasteiger partial charge in [-0.1, -0.05) is 26.7 Å². The summed E-state index contributed by atoms with van der Waals surface area (Å²) < 4.78 is 18.9. The van der Waals surface area contributed by atoms with E-state index < -0.39 is 16.4 Å². The Morgan fingerprint density at radius 2 is 1.29 bits per heavy atom. The van der Waals surface area contributed by atoms with Crippen LogP contribution in [0.3, 0.4) is 0 Å². The molecule has 0 atom stereocenters. The molecule has 0 aliphatic rings. The Kier molecular flexibility index (Phi) is 14.9. The molecular formula is C8H22O7P2. The Labute approximate surface area is 103 Å². The fraction of sp³-hybridized carbons (Fsp3) is 1.00. The van der Waals surface area contributed by atoms with E-state index in [-0.39, 0.29) is 0 Å². The van der Waals surface area contributed by atoms with Crippen LogP contribution < -0.4 is 0 Å². The molecule has 4 N–H and O–H groups in total. The fourth-order valence-corrected chi connectivity index (χ4v) is 1.26. The fourth-order valence-electron chi connectivity index (χ4n) is 0.611. The number of rotatable bonds is 8. The van der Waals surface area contributed by atoms with Gasteiger partial charge in [0, 0.05) is 0 Å². The highest BCUT2D eigenvalue weighted by Crippen LogP contribution is 2.32. The first-order chi connectivity index (χ1) is 7.81. The summed E-state index contributed by atoms with van der Waals surface area (Å²) >= 11 is 0. The van der Waals surface area contributed by atoms with Crippen LogP contribution in [0.1, 0.15) is 39.5 Å². The van der Waals surface area contributed by atoms with E-state index in [0.29, 0.717) is 13.2 Å². The number of phosphoric acid groups is 1. The Morgan fingerprint density at radius 3 is 1.53 bits per heavy atom. The topological polar surface area (TPSA) is 116 Å². The second-order valence-electron chi connectivity index (χ2n) is 3.12. The van der Waals surface area contributed by atoms with E-state index in [4.69, 9.17) is 33.2 Å². The standard InChI is InChI=1S/C8H19O3P.H3O4P/c1-3-5-7-10-12(9)11-8-6-4-2;1-5(2,3)4/h9H,3-8H2,1-2H3;(H3,1,2,3,4). The van der Waals surface area contributed by atoms with Crippen molar-refractivity contribution in [2.75, 3.05) is 13.2 Å². The number of unbranched alkanes of at least 4 members (excludes halogenated alkanes) is 2. The summed E-state index contributed by atoms with van der Waals surface area (Å²) in [6.07, 6.45) is 4.13. The quantitative estimate of drug-likeness (QED) is 0.399. The zero-order valence-corrected chi connectivity index (χ0v) is 11.9. The van der Waals surface area contributed by atoms with E-state index in [1.54, 1.807) is 0 Å². The van der Waals surface area contributed by atoms with Gasteiger partial charge in [0.25, 0.3) is 0 Å². The Hall–Kier alpha value is 0.420. The maximum Gasteiger partial charge on any atom is 0.466 e. The monoisotopic (exact) mass is 292 g/mol. The van der Waals surface area contributed by atoms with Gasteiger partial charge in [0.1, 0.15) is 0 Å². The highest BCUT2D eigenvalue weighted by atomic mass is 31.2. The van der Waals surface area contributed by atoms with Crippen molar-refractivity contribution in [3.8, 4) is 0 Å². The molecule has 106 valence electrons. The first-order valence-corrected chi connectivity index (χ1v) is 8.03. The average Bonchev–Trinajstić information content (AvgIpc) is 2.16. The molecule has 0 aliphatic carbocycles. The third-order valence-electron chi connectivity index (χ3n) is 1.40. The molecule has 7 nitrogen and oxygen atoms in total. The SMILES string of the molecule is CCCCOP(O)OCCCC.O=P(O)(O)O. The summed E-state index contributed by atoms with van der Waals surface area (Å²) in [5.74, 6) is 0. The largest absolute Gasteiger partial charge is 0.466 e. The van der Waals surface area contributed by atoms with Crippen molar-refractivity contribution in [3.63, 3.8) is 0 Å². The average molecular weight is 292 g/mol. The minimum absolute atomic E-state index is 0.602. The maximum atomic E-state index is 9.12. The summed E-state index contributed by atoms with van der Waals surface area (Å²) in [5, 5.41) is 0. The van der Waals surface area contributed by atoms with Crippen molar-refractivity contribution in [1.82, 2.24) is 0 Å². The molecule has 0 spiro atoms. The van der Waals surface area contributed by atoms with Gasteiger partial charge in [0.2, 0.25) is 0 Å². The van der Waals surface area contributed by atoms with Crippen LogP contribution in [0.15, 0.2) is 0 Å². The van der Waals surface area contributed by atoms with Crippen LogP contribution in [0.4, 0.5) is 0 Å². The third-order valence-corrected chi connectivity index (χ3v) is 2.21. The Morgan fingerprint density at radius 1 is 1.00 bits per heavy atom. The zero-order chi connectivity index (χ0) is 13.7. The predicted molar refractivity (Wildman–Crippen MR) is 65.1 cm³/mol. The molecule has 0 saturated carbocycles. The maximum absolute atomic E-state index is 9.12. The van der Waals surface area contributed by atoms with Crippen LogP contribution in [-0.4, -0.2) is 32.8 Å². The van der Waals surface area contributed by atoms with Crippen LogP contribution in [0.5, 0.6) is 0 Å². The van der Waals surface area contributed by atoms with Crippen LogP contribution in [0.25, 0.3) is 0 Å². The minimum atomic E-state index is -4.64. The second-order valence-corrected chi connectivity index (χ2v) is 5.14. The molecular weight excluding hydrogens is 270 g/mol. The molecule has 9 heteroatoms. The summed E-state index contributed by atoms with van der Waals surface area (Å²) in [6.45, 7) is 5.37. The van der Waals surface area contributed by atoms with Crippen LogP contribution in [0, 0.1) is 0 Å². The Balaban J connectivity index is 0. The highest BCUT2D eigenvalue weighted by molar-refractivity contribution is 7.45. The van der Waals surface area contributed by atoms with E-state index in [0.717, 1.165) is 25.7 Å². The van der Waals surface area contributed by atoms with E-state index in [1.807, 2.05) is 0 Å². The second kappa shape index (κ2) is 12.9. The van der Waals surface area contributed by atoms with Gasteiger partial charge < -0.3 is 28.6 Å². The molecule has 0 aromatic rings. The molecule has 0 aromatic carbocycles. The zero-order valence-electron chi connectivity index (χ0n) is 10.2. The number of hydrogen-bond acceptors (Lipinski definition) is 4. The molecule has 0 aromatic heterocycles. The van der Waals surface area contributed by atoms with Crippen LogP contribution in [0.2, 0.25) is 0 Å². The summed E-state index contributed by atoms with van der Waals surface area (Å²) in [4.78, 5) is 30.7. The first-order valence-electron chi connectivity index (χ1n) is 5.34. The van der Waals surface area contributed by atoms with E-state index in [1.165, 1.54) is 0 Å². The number of hydrogen-bond donors (Lipinski definition) is 4. The van der Waals surface area contributed by atoms with Crippen molar-refractivity contribution < 1.29 is 33.2 Å². The molecule has 0 rings (SSSR count). The predicted octanol–water partition coefficient (Wildman–Crippen LogP) is 1.91. The van der Waals surface area contributed by atoms with E-state index in [2.05, 4.69) is 13.8 Å². The van der Waals surface area contributed by atoms with Gasteiger partial charge in [0.15, 0.2) is 0 Å². The summed E-state index contributed by atoms with van der Waals surface area (Å²) in [5.41, 5.74) is 0. The molecule has 0 fully saturated rings. The third kappa shape index (κ3) is 31.4. The van der Waals surface area contributed by atoms with Gasteiger partial charge in [-0.2, -0.15) is 0 Å². The van der Waals surface area contributed by atoms with Gasteiger partial charge in [-0.25, -0.2) is 4.57 Å². The normalized spacial score (nSPS) is 11.2. The van der Waals surface area contributed by atoms with Gasteiger partial charge in [-0.3, -0.25) is 0 Å². The minimum Gasteiger partial charge on any atom is -0.328 e. The lowest BCUT2D eigenvalue weighted by Gasteiger charge is -2.09. The Bertz CT molecular complexity index is 178. The summed E-state index contributed by atoms with van der Waals surface area (Å²) in [6, 6.07) is 0. The van der Waals surface area contributed by atoms with Gasteiger partial charge in [-0.05, 0) is 12.8 Å². The molecule has 0 unspecified atom stereocenters. The molecule has 0 radical (unpaired) electrons. The summed E-state index contributed by atoms with van der Waals surface area (Å²) in [7, 11) is -6.24. The van der Waals surface area contributed by atoms with Crippen LogP contribution >= 0.6 is 16.4 Å². The molecule has 17 heavy (non-hydrogen) atoms. The van der Waals surface area contributed by atoms with Crippen molar-refractivity contribution in [2.24, 2.45) is 0 Å². The lowest BCUT2D eigenvalue weighted by molar-refractivity contribution is 0.196. The lowest BCUT2D eigenvalue weighted by atomic mass is 10.4. The van der Waals surface area contributed by atoms with Gasteiger partial charge in [0.05, 0.1) is 13.2 Å². The first kappa shape index (κ1) is 19.8. The lowest BCUT2D eigenvalue weighted by Crippen LogP contribution is -1.94. The van der Waals surface area contributed by atoms with Crippen molar-refractivity contribution in [2.45, 2.75) is 39.5 Å². The van der Waals surface area contributed by atoms with E-state index >= 15 is 0 Å². The van der Waals surface area contributed by atoms with Crippen molar-refractivity contribution in [3.05, 3.63) is 0 Å². The molecule has 0 heterocycles. The molecule has 0 amide bonds. The smallest absolute Gasteiger partial charge is 0.328 e. The van der Waals surface area contributed by atoms with Crippen LogP contribution in [-0.2, 0) is 13.6 Å². The van der Waals surface area contributed by atoms with Crippen molar-refractivity contribution >= 4 is 16.4 Å². The molecule has 0 bridgehead atoms. The highest BCUT2D eigenvalue weighted by Gasteiger charge is 2.04. The van der Waals surface area contributed by atoms with Gasteiger partial charge >= 0.3 is 16.4 Å². The van der Waals surface area contributed by atoms with E-state index in [9.17, 15) is 0 Å². The molecule has 0 aliphatic heterocycles. The van der Waals surface area contributed by atoms with Gasteiger partial charge in [-0.15, -0.1) is 0 Å². The van der Waals surface area contributed by atoms with Crippen molar-refractivity contribution in [1.29, 1.82) is 0 Å².